The maximum Gasteiger partial charge on any atom is 0.265 e. The standard InChI is InChI=1S/C19H20N2O2S/c1-15-9-11-17(12-10-15)24(22,23)21(3)19-18(13-14-20(19)2)16-7-5-4-6-8-16/h4-14H,1-3H3. The van der Waals surface area contributed by atoms with Crippen molar-refractivity contribution in [2.45, 2.75) is 11.8 Å². The lowest BCUT2D eigenvalue weighted by atomic mass is 10.1. The second kappa shape index (κ2) is 6.17. The molecule has 4 nitrogen and oxygen atoms in total. The largest absolute Gasteiger partial charge is 0.336 e. The molecule has 5 heteroatoms. The molecular formula is C19H20N2O2S. The van der Waals surface area contributed by atoms with Crippen molar-refractivity contribution in [3.05, 3.63) is 72.4 Å². The van der Waals surface area contributed by atoms with E-state index in [0.717, 1.165) is 16.7 Å². The second-order valence-corrected chi connectivity index (χ2v) is 7.78. The molecule has 2 aromatic carbocycles. The van der Waals surface area contributed by atoms with Crippen LogP contribution in [0.15, 0.2) is 71.8 Å². The van der Waals surface area contributed by atoms with E-state index in [1.165, 1.54) is 4.31 Å². The normalized spacial score (nSPS) is 11.5. The summed E-state index contributed by atoms with van der Waals surface area (Å²) >= 11 is 0. The predicted molar refractivity (Wildman–Crippen MR) is 97.6 cm³/mol. The van der Waals surface area contributed by atoms with Crippen LogP contribution in [0.1, 0.15) is 5.56 Å². The highest BCUT2D eigenvalue weighted by Gasteiger charge is 2.25. The summed E-state index contributed by atoms with van der Waals surface area (Å²) in [5.74, 6) is 0.641. The summed E-state index contributed by atoms with van der Waals surface area (Å²) in [5.41, 5.74) is 2.90. The van der Waals surface area contributed by atoms with Gasteiger partial charge in [-0.3, -0.25) is 4.31 Å². The fourth-order valence-corrected chi connectivity index (χ4v) is 3.99. The first-order valence-corrected chi connectivity index (χ1v) is 9.11. The molecule has 0 amide bonds. The topological polar surface area (TPSA) is 42.3 Å². The van der Waals surface area contributed by atoms with Crippen LogP contribution in [0.2, 0.25) is 0 Å². The van der Waals surface area contributed by atoms with E-state index in [9.17, 15) is 8.42 Å². The molecular weight excluding hydrogens is 320 g/mol. The monoisotopic (exact) mass is 340 g/mol. The lowest BCUT2D eigenvalue weighted by Gasteiger charge is -2.22. The van der Waals surface area contributed by atoms with Gasteiger partial charge in [0.05, 0.1) is 4.90 Å². The third-order valence-electron chi connectivity index (χ3n) is 4.10. The molecule has 3 aromatic rings. The predicted octanol–water partition coefficient (Wildman–Crippen LogP) is 3.83. The highest BCUT2D eigenvalue weighted by molar-refractivity contribution is 7.92. The fraction of sp³-hybridized carbons (Fsp3) is 0.158. The minimum atomic E-state index is -3.62. The van der Waals surface area contributed by atoms with Crippen LogP contribution in [0, 0.1) is 6.92 Å². The van der Waals surface area contributed by atoms with E-state index in [2.05, 4.69) is 0 Å². The first kappa shape index (κ1) is 16.3. The third-order valence-corrected chi connectivity index (χ3v) is 5.86. The molecule has 0 N–H and O–H groups in total. The summed E-state index contributed by atoms with van der Waals surface area (Å²) in [4.78, 5) is 0.288. The van der Waals surface area contributed by atoms with Gasteiger partial charge in [0.1, 0.15) is 5.82 Å². The Kier molecular flexibility index (Phi) is 4.20. The van der Waals surface area contributed by atoms with Crippen LogP contribution < -0.4 is 4.31 Å². The second-order valence-electron chi connectivity index (χ2n) is 5.82. The molecule has 0 bridgehead atoms. The quantitative estimate of drug-likeness (QED) is 0.724. The van der Waals surface area contributed by atoms with Crippen LogP contribution >= 0.6 is 0 Å². The number of benzene rings is 2. The first-order valence-electron chi connectivity index (χ1n) is 7.67. The summed E-state index contributed by atoms with van der Waals surface area (Å²) in [6.07, 6.45) is 1.87. The minimum Gasteiger partial charge on any atom is -0.336 e. The van der Waals surface area contributed by atoms with Crippen molar-refractivity contribution in [2.24, 2.45) is 7.05 Å². The lowest BCUT2D eigenvalue weighted by molar-refractivity contribution is 0.593. The van der Waals surface area contributed by atoms with Crippen LogP contribution in [0.3, 0.4) is 0 Å². The average molecular weight is 340 g/mol. The van der Waals surface area contributed by atoms with Crippen molar-refractivity contribution in [2.75, 3.05) is 11.4 Å². The number of nitrogens with zero attached hydrogens (tertiary/aromatic N) is 2. The molecule has 3 rings (SSSR count). The summed E-state index contributed by atoms with van der Waals surface area (Å²) in [6, 6.07) is 18.6. The number of hydrogen-bond donors (Lipinski definition) is 0. The van der Waals surface area contributed by atoms with Crippen molar-refractivity contribution < 1.29 is 8.42 Å². The Balaban J connectivity index is 2.09. The van der Waals surface area contributed by atoms with Gasteiger partial charge < -0.3 is 4.57 Å². The fourth-order valence-electron chi connectivity index (χ4n) is 2.74. The smallest absolute Gasteiger partial charge is 0.265 e. The number of aromatic nitrogens is 1. The van der Waals surface area contributed by atoms with Gasteiger partial charge in [-0.1, -0.05) is 48.0 Å². The SMILES string of the molecule is Cc1ccc(S(=O)(=O)N(C)c2c(-c3ccccc3)ccn2C)cc1. The molecule has 124 valence electrons. The Hall–Kier alpha value is -2.53. The van der Waals surface area contributed by atoms with Gasteiger partial charge in [0.15, 0.2) is 0 Å². The van der Waals surface area contributed by atoms with E-state index < -0.39 is 10.0 Å². The zero-order chi connectivity index (χ0) is 17.3. The van der Waals surface area contributed by atoms with E-state index in [1.807, 2.05) is 73.3 Å². The van der Waals surface area contributed by atoms with Crippen LogP contribution in [0.25, 0.3) is 11.1 Å². The van der Waals surface area contributed by atoms with E-state index in [4.69, 9.17) is 0 Å². The number of hydrogen-bond acceptors (Lipinski definition) is 2. The summed E-state index contributed by atoms with van der Waals surface area (Å²) in [7, 11) is -0.175. The van der Waals surface area contributed by atoms with Gasteiger partial charge in [0.2, 0.25) is 0 Å². The van der Waals surface area contributed by atoms with E-state index >= 15 is 0 Å². The maximum absolute atomic E-state index is 13.0. The summed E-state index contributed by atoms with van der Waals surface area (Å²) in [5, 5.41) is 0. The minimum absolute atomic E-state index is 0.288. The summed E-state index contributed by atoms with van der Waals surface area (Å²) in [6.45, 7) is 1.94. The van der Waals surface area contributed by atoms with E-state index in [1.54, 1.807) is 19.2 Å². The molecule has 0 atom stereocenters. The van der Waals surface area contributed by atoms with E-state index in [-0.39, 0.29) is 4.90 Å². The van der Waals surface area contributed by atoms with Crippen LogP contribution in [-0.2, 0) is 17.1 Å². The zero-order valence-corrected chi connectivity index (χ0v) is 14.8. The molecule has 1 heterocycles. The van der Waals surface area contributed by atoms with Gasteiger partial charge in [-0.05, 0) is 30.7 Å². The number of aryl methyl sites for hydroxylation is 2. The average Bonchev–Trinajstić information content (AvgIpc) is 2.97. The Morgan fingerprint density at radius 2 is 1.54 bits per heavy atom. The lowest BCUT2D eigenvalue weighted by Crippen LogP contribution is -2.28. The van der Waals surface area contributed by atoms with Gasteiger partial charge >= 0.3 is 0 Å². The Bertz CT molecular complexity index is 943. The Morgan fingerprint density at radius 1 is 0.917 bits per heavy atom. The Morgan fingerprint density at radius 3 is 2.17 bits per heavy atom. The van der Waals surface area contributed by atoms with Gasteiger partial charge in [-0.25, -0.2) is 8.42 Å². The highest BCUT2D eigenvalue weighted by atomic mass is 32.2. The molecule has 0 saturated heterocycles. The third kappa shape index (κ3) is 2.83. The molecule has 0 spiro atoms. The van der Waals surface area contributed by atoms with Gasteiger partial charge in [-0.15, -0.1) is 0 Å². The molecule has 0 saturated carbocycles. The van der Waals surface area contributed by atoms with Crippen LogP contribution in [-0.4, -0.2) is 20.0 Å². The first-order chi connectivity index (χ1) is 11.4. The summed E-state index contributed by atoms with van der Waals surface area (Å²) < 4.78 is 29.2. The van der Waals surface area contributed by atoms with Gasteiger partial charge in [0, 0.05) is 25.9 Å². The van der Waals surface area contributed by atoms with Crippen molar-refractivity contribution in [3.63, 3.8) is 0 Å². The maximum atomic E-state index is 13.0. The number of anilines is 1. The molecule has 0 aliphatic carbocycles. The van der Waals surface area contributed by atoms with Crippen molar-refractivity contribution in [3.8, 4) is 11.1 Å². The number of sulfonamides is 1. The van der Waals surface area contributed by atoms with Crippen molar-refractivity contribution in [1.29, 1.82) is 0 Å². The molecule has 0 aliphatic heterocycles. The van der Waals surface area contributed by atoms with Crippen molar-refractivity contribution >= 4 is 15.8 Å². The van der Waals surface area contributed by atoms with Gasteiger partial charge in [-0.2, -0.15) is 0 Å². The molecule has 24 heavy (non-hydrogen) atoms. The van der Waals surface area contributed by atoms with Crippen LogP contribution in [0.4, 0.5) is 5.82 Å². The molecule has 0 aliphatic rings. The highest BCUT2D eigenvalue weighted by Crippen LogP contribution is 2.33. The van der Waals surface area contributed by atoms with Crippen molar-refractivity contribution in [1.82, 2.24) is 4.57 Å². The Labute approximate surface area is 143 Å². The van der Waals surface area contributed by atoms with Crippen LogP contribution in [0.5, 0.6) is 0 Å². The molecule has 0 unspecified atom stereocenters. The molecule has 0 fully saturated rings. The molecule has 0 radical (unpaired) electrons. The number of rotatable bonds is 4. The zero-order valence-electron chi connectivity index (χ0n) is 14.0. The van der Waals surface area contributed by atoms with E-state index in [0.29, 0.717) is 5.82 Å². The molecule has 1 aromatic heterocycles. The van der Waals surface area contributed by atoms with Gasteiger partial charge in [0.25, 0.3) is 10.0 Å².